The molecule has 1 unspecified atom stereocenters. The van der Waals surface area contributed by atoms with E-state index in [-0.39, 0.29) is 5.91 Å². The van der Waals surface area contributed by atoms with Crippen molar-refractivity contribution in [3.05, 3.63) is 84.7 Å². The Balaban J connectivity index is 1.38. The number of hydrogen-bond acceptors (Lipinski definition) is 6. The van der Waals surface area contributed by atoms with Crippen molar-refractivity contribution in [2.24, 2.45) is 5.73 Å². The molecule has 0 bridgehead atoms. The summed E-state index contributed by atoms with van der Waals surface area (Å²) in [5.41, 5.74) is 8.09. The van der Waals surface area contributed by atoms with Crippen molar-refractivity contribution in [2.45, 2.75) is 24.8 Å². The van der Waals surface area contributed by atoms with E-state index in [0.717, 1.165) is 16.2 Å². The van der Waals surface area contributed by atoms with Gasteiger partial charge in [-0.25, -0.2) is 14.4 Å². The summed E-state index contributed by atoms with van der Waals surface area (Å²) in [6, 6.07) is 8.11. The molecule has 0 aliphatic rings. The summed E-state index contributed by atoms with van der Waals surface area (Å²) < 4.78 is 3.89. The lowest BCUT2D eigenvalue weighted by molar-refractivity contribution is -0.121. The molecule has 5 amide bonds. The third-order valence-electron chi connectivity index (χ3n) is 7.38. The standard InChI is InChI=1S/C31H35ClN8O5S/c1-20-16-22(6-7-26(20)46-15-11-32)28(42)34-23-8-12-38(17-23)30(44)36(4)25-10-14-40(19-25)31(45)37(5)24-9-13-39(18-24)29(43)35(3)21(2)27(33)41/h6-10,12-14,16-19,21H,11,15H2,1-5H3,(H2,33,41)(H,34,42). The van der Waals surface area contributed by atoms with Crippen LogP contribution in [0.5, 0.6) is 0 Å². The maximum absolute atomic E-state index is 13.2. The minimum absolute atomic E-state index is 0.304. The maximum atomic E-state index is 13.2. The Labute approximate surface area is 275 Å². The van der Waals surface area contributed by atoms with Crippen LogP contribution >= 0.6 is 23.4 Å². The van der Waals surface area contributed by atoms with Crippen molar-refractivity contribution < 1.29 is 24.0 Å². The molecule has 0 aliphatic carbocycles. The van der Waals surface area contributed by atoms with Crippen LogP contribution in [0.2, 0.25) is 0 Å². The molecule has 15 heteroatoms. The van der Waals surface area contributed by atoms with E-state index in [0.29, 0.717) is 28.5 Å². The van der Waals surface area contributed by atoms with E-state index in [9.17, 15) is 24.0 Å². The highest BCUT2D eigenvalue weighted by atomic mass is 35.5. The van der Waals surface area contributed by atoms with Crippen molar-refractivity contribution >= 4 is 70.3 Å². The van der Waals surface area contributed by atoms with Crippen LogP contribution in [-0.4, -0.2) is 87.3 Å². The third-order valence-corrected chi connectivity index (χ3v) is 8.97. The molecule has 3 N–H and O–H groups in total. The second kappa shape index (κ2) is 14.4. The minimum atomic E-state index is -0.814. The van der Waals surface area contributed by atoms with Gasteiger partial charge in [0.05, 0.1) is 17.1 Å². The fourth-order valence-electron chi connectivity index (χ4n) is 4.41. The van der Waals surface area contributed by atoms with E-state index in [1.54, 1.807) is 50.1 Å². The normalized spacial score (nSPS) is 11.5. The highest BCUT2D eigenvalue weighted by Gasteiger charge is 2.23. The lowest BCUT2D eigenvalue weighted by atomic mass is 10.1. The number of nitrogens with one attached hydrogen (secondary N) is 1. The molecule has 0 fully saturated rings. The molecule has 13 nitrogen and oxygen atoms in total. The number of nitrogens with two attached hydrogens (primary N) is 1. The molecule has 3 heterocycles. The summed E-state index contributed by atoms with van der Waals surface area (Å²) >= 11 is 7.41. The number of carbonyl (C=O) groups excluding carboxylic acids is 5. The van der Waals surface area contributed by atoms with Crippen LogP contribution in [0.1, 0.15) is 22.8 Å². The number of primary amides is 1. The van der Waals surface area contributed by atoms with Gasteiger partial charge in [0, 0.05) is 80.4 Å². The predicted octanol–water partition coefficient (Wildman–Crippen LogP) is 4.97. The number of alkyl halides is 1. The Morgan fingerprint density at radius 3 is 1.93 bits per heavy atom. The van der Waals surface area contributed by atoms with E-state index in [4.69, 9.17) is 17.3 Å². The number of halogens is 1. The molecular weight excluding hydrogens is 632 g/mol. The van der Waals surface area contributed by atoms with Gasteiger partial charge in [-0.2, -0.15) is 0 Å². The first-order valence-corrected chi connectivity index (χ1v) is 15.6. The zero-order valence-corrected chi connectivity index (χ0v) is 27.6. The summed E-state index contributed by atoms with van der Waals surface area (Å²) in [6.07, 6.45) is 9.02. The highest BCUT2D eigenvalue weighted by molar-refractivity contribution is 7.99. The van der Waals surface area contributed by atoms with Gasteiger partial charge in [0.15, 0.2) is 0 Å². The van der Waals surface area contributed by atoms with Gasteiger partial charge < -0.3 is 16.0 Å². The van der Waals surface area contributed by atoms with Crippen molar-refractivity contribution in [3.8, 4) is 0 Å². The van der Waals surface area contributed by atoms with Crippen LogP contribution in [0.3, 0.4) is 0 Å². The molecule has 3 aromatic heterocycles. The number of aryl methyl sites for hydroxylation is 1. The average molecular weight is 667 g/mol. The van der Waals surface area contributed by atoms with Crippen molar-refractivity contribution in [3.63, 3.8) is 0 Å². The van der Waals surface area contributed by atoms with Gasteiger partial charge >= 0.3 is 18.1 Å². The molecule has 0 saturated heterocycles. The van der Waals surface area contributed by atoms with Crippen molar-refractivity contribution in [1.29, 1.82) is 0 Å². The van der Waals surface area contributed by atoms with Crippen LogP contribution in [0.25, 0.3) is 0 Å². The second-order valence-electron chi connectivity index (χ2n) is 10.5. The summed E-state index contributed by atoms with van der Waals surface area (Å²) in [6.45, 7) is 3.46. The molecule has 242 valence electrons. The zero-order valence-electron chi connectivity index (χ0n) is 26.0. The number of hydrogen-bond donors (Lipinski definition) is 2. The Morgan fingerprint density at radius 1 is 0.848 bits per heavy atom. The van der Waals surface area contributed by atoms with Crippen LogP contribution in [0.4, 0.5) is 31.4 Å². The summed E-state index contributed by atoms with van der Waals surface area (Å²) in [5, 5.41) is 2.82. The van der Waals surface area contributed by atoms with Gasteiger partial charge in [-0.05, 0) is 55.8 Å². The van der Waals surface area contributed by atoms with Crippen LogP contribution in [0.15, 0.2) is 78.5 Å². The Hall–Kier alpha value is -4.95. The van der Waals surface area contributed by atoms with Gasteiger partial charge in [-0.3, -0.25) is 33.1 Å². The van der Waals surface area contributed by atoms with E-state index < -0.39 is 30.0 Å². The van der Waals surface area contributed by atoms with Gasteiger partial charge in [-0.1, -0.05) is 0 Å². The van der Waals surface area contributed by atoms with Gasteiger partial charge in [0.25, 0.3) is 5.91 Å². The molecule has 0 aliphatic heterocycles. The molecule has 0 spiro atoms. The minimum Gasteiger partial charge on any atom is -0.368 e. The van der Waals surface area contributed by atoms with Gasteiger partial charge in [-0.15, -0.1) is 23.4 Å². The lowest BCUT2D eigenvalue weighted by Crippen LogP contribution is -2.45. The maximum Gasteiger partial charge on any atom is 0.332 e. The fourth-order valence-corrected chi connectivity index (χ4v) is 5.38. The molecule has 0 saturated carbocycles. The van der Waals surface area contributed by atoms with Crippen LogP contribution < -0.4 is 20.9 Å². The van der Waals surface area contributed by atoms with E-state index in [1.807, 2.05) is 19.1 Å². The first-order chi connectivity index (χ1) is 21.8. The van der Waals surface area contributed by atoms with E-state index in [2.05, 4.69) is 5.32 Å². The van der Waals surface area contributed by atoms with Crippen molar-refractivity contribution in [2.75, 3.05) is 47.9 Å². The summed E-state index contributed by atoms with van der Waals surface area (Å²) in [7, 11) is 4.57. The van der Waals surface area contributed by atoms with E-state index >= 15 is 0 Å². The number of likely N-dealkylation sites (N-methyl/N-ethyl adjacent to an activating group) is 1. The van der Waals surface area contributed by atoms with Crippen LogP contribution in [-0.2, 0) is 4.79 Å². The first-order valence-electron chi connectivity index (χ1n) is 14.1. The third kappa shape index (κ3) is 7.46. The Kier molecular flexibility index (Phi) is 10.6. The fraction of sp³-hybridized carbons (Fsp3) is 0.258. The Morgan fingerprint density at radius 2 is 1.39 bits per heavy atom. The molecule has 46 heavy (non-hydrogen) atoms. The number of carbonyl (C=O) groups is 5. The number of rotatable bonds is 9. The molecule has 1 aromatic carbocycles. The second-order valence-corrected chi connectivity index (χ2v) is 12.0. The molecule has 0 radical (unpaired) electrons. The number of nitrogens with zero attached hydrogens (tertiary/aromatic N) is 6. The first kappa shape index (κ1) is 33.9. The predicted molar refractivity (Wildman–Crippen MR) is 179 cm³/mol. The molecule has 4 rings (SSSR count). The average Bonchev–Trinajstić information content (AvgIpc) is 3.83. The molecule has 1 atom stereocenters. The highest BCUT2D eigenvalue weighted by Crippen LogP contribution is 2.24. The lowest BCUT2D eigenvalue weighted by Gasteiger charge is -2.22. The van der Waals surface area contributed by atoms with Gasteiger partial charge in [0.2, 0.25) is 5.91 Å². The van der Waals surface area contributed by atoms with E-state index in [1.165, 1.54) is 79.6 Å². The summed E-state index contributed by atoms with van der Waals surface area (Å²) in [5.74, 6) is 0.372. The smallest absolute Gasteiger partial charge is 0.332 e. The zero-order chi connectivity index (χ0) is 33.7. The number of amides is 5. The van der Waals surface area contributed by atoms with Gasteiger partial charge in [0.1, 0.15) is 6.04 Å². The number of aromatic nitrogens is 3. The van der Waals surface area contributed by atoms with Crippen molar-refractivity contribution in [1.82, 2.24) is 18.6 Å². The molecule has 4 aromatic rings. The van der Waals surface area contributed by atoms with Crippen LogP contribution in [0, 0.1) is 6.92 Å². The molecular formula is C31H35ClN8O5S. The number of thioether (sulfide) groups is 1. The summed E-state index contributed by atoms with van der Waals surface area (Å²) in [4.78, 5) is 68.4. The number of benzene rings is 1. The largest absolute Gasteiger partial charge is 0.368 e. The Bertz CT molecular complexity index is 1780. The monoisotopic (exact) mass is 666 g/mol. The quantitative estimate of drug-likeness (QED) is 0.191. The SMILES string of the molecule is Cc1cc(C(=O)Nc2ccn(C(=O)N(C)c3ccn(C(=O)N(C)c4ccn(C(=O)N(C)C(C)C(N)=O)c4)c3)c2)ccc1SCCCl. The topological polar surface area (TPSA) is 148 Å². The number of anilines is 3.